The number of aryl methyl sites for hydroxylation is 1. The molecule has 1 aliphatic heterocycles. The van der Waals surface area contributed by atoms with Crippen LogP contribution in [0.15, 0.2) is 18.3 Å². The summed E-state index contributed by atoms with van der Waals surface area (Å²) < 4.78 is 2.21. The van der Waals surface area contributed by atoms with Crippen molar-refractivity contribution < 1.29 is 5.11 Å². The van der Waals surface area contributed by atoms with Crippen molar-refractivity contribution in [1.82, 2.24) is 25.2 Å². The Morgan fingerprint density at radius 3 is 3.09 bits per heavy atom. The first-order valence-corrected chi connectivity index (χ1v) is 8.51. The zero-order valence-corrected chi connectivity index (χ0v) is 14.0. The predicted octanol–water partition coefficient (Wildman–Crippen LogP) is 1.29. The highest BCUT2D eigenvalue weighted by molar-refractivity contribution is 5.71. The van der Waals surface area contributed by atoms with Crippen molar-refractivity contribution in [3.05, 3.63) is 24.2 Å². The van der Waals surface area contributed by atoms with Gasteiger partial charge in [0.25, 0.3) is 0 Å². The predicted molar refractivity (Wildman–Crippen MR) is 91.1 cm³/mol. The highest BCUT2D eigenvalue weighted by Crippen LogP contribution is 2.17. The molecule has 6 heteroatoms. The summed E-state index contributed by atoms with van der Waals surface area (Å²) in [6.45, 7) is 8.16. The lowest BCUT2D eigenvalue weighted by molar-refractivity contribution is 0.0606. The number of rotatable bonds is 7. The van der Waals surface area contributed by atoms with Crippen LogP contribution in [0.4, 0.5) is 0 Å². The summed E-state index contributed by atoms with van der Waals surface area (Å²) in [7, 11) is 0. The zero-order chi connectivity index (χ0) is 16.3. The molecule has 0 radical (unpaired) electrons. The molecule has 0 aliphatic carbocycles. The number of nitrogens with one attached hydrogen (secondary N) is 2. The zero-order valence-electron chi connectivity index (χ0n) is 14.0. The van der Waals surface area contributed by atoms with Crippen LogP contribution in [0.2, 0.25) is 0 Å². The topological polar surface area (TPSA) is 75.0 Å². The van der Waals surface area contributed by atoms with E-state index in [-0.39, 0.29) is 0 Å². The van der Waals surface area contributed by atoms with E-state index in [1.165, 1.54) is 0 Å². The normalized spacial score (nSPS) is 21.6. The van der Waals surface area contributed by atoms with Crippen LogP contribution < -0.4 is 10.6 Å². The SMILES string of the molecule is CC(C)CCn1c(CNCC2(O)CCNC2)nc2cccnc21. The third-order valence-corrected chi connectivity index (χ3v) is 4.47. The second kappa shape index (κ2) is 6.95. The lowest BCUT2D eigenvalue weighted by atomic mass is 10.0. The van der Waals surface area contributed by atoms with Crippen LogP contribution in [-0.4, -0.2) is 44.9 Å². The average Bonchev–Trinajstić information content (AvgIpc) is 3.09. The molecular formula is C17H27N5O. The summed E-state index contributed by atoms with van der Waals surface area (Å²) in [6.07, 6.45) is 3.72. The number of imidazole rings is 1. The molecule has 0 bridgehead atoms. The smallest absolute Gasteiger partial charge is 0.160 e. The van der Waals surface area contributed by atoms with E-state index in [9.17, 15) is 5.11 Å². The fourth-order valence-corrected chi connectivity index (χ4v) is 3.05. The molecule has 23 heavy (non-hydrogen) atoms. The van der Waals surface area contributed by atoms with Crippen molar-refractivity contribution in [3.63, 3.8) is 0 Å². The first kappa shape index (κ1) is 16.4. The molecule has 6 nitrogen and oxygen atoms in total. The van der Waals surface area contributed by atoms with Gasteiger partial charge in [-0.2, -0.15) is 0 Å². The van der Waals surface area contributed by atoms with E-state index in [4.69, 9.17) is 4.98 Å². The van der Waals surface area contributed by atoms with Gasteiger partial charge in [-0.1, -0.05) is 13.8 Å². The van der Waals surface area contributed by atoms with Gasteiger partial charge in [0.1, 0.15) is 11.3 Å². The highest BCUT2D eigenvalue weighted by atomic mass is 16.3. The molecule has 3 N–H and O–H groups in total. The summed E-state index contributed by atoms with van der Waals surface area (Å²) in [4.78, 5) is 9.21. The maximum absolute atomic E-state index is 10.4. The fraction of sp³-hybridized carbons (Fsp3) is 0.647. The number of aliphatic hydroxyl groups is 1. The molecule has 1 unspecified atom stereocenters. The number of hydrogen-bond donors (Lipinski definition) is 3. The summed E-state index contributed by atoms with van der Waals surface area (Å²) >= 11 is 0. The van der Waals surface area contributed by atoms with Gasteiger partial charge in [0.05, 0.1) is 12.1 Å². The number of aromatic nitrogens is 3. The standard InChI is InChI=1S/C17H27N5O/c1-13(2)5-9-22-15(21-14-4-3-7-20-16(14)22)10-19-12-17(23)6-8-18-11-17/h3-4,7,13,18-19,23H,5-6,8-12H2,1-2H3. The van der Waals surface area contributed by atoms with E-state index in [1.54, 1.807) is 0 Å². The summed E-state index contributed by atoms with van der Waals surface area (Å²) in [5.41, 5.74) is 1.26. The van der Waals surface area contributed by atoms with E-state index >= 15 is 0 Å². The third kappa shape index (κ3) is 3.88. The molecule has 126 valence electrons. The molecule has 1 saturated heterocycles. The average molecular weight is 317 g/mol. The van der Waals surface area contributed by atoms with Crippen molar-refractivity contribution in [2.75, 3.05) is 19.6 Å². The Hall–Kier alpha value is -1.50. The van der Waals surface area contributed by atoms with Gasteiger partial charge in [-0.15, -0.1) is 0 Å². The minimum atomic E-state index is -0.632. The minimum Gasteiger partial charge on any atom is -0.387 e. The monoisotopic (exact) mass is 317 g/mol. The lowest BCUT2D eigenvalue weighted by Gasteiger charge is -2.21. The Kier molecular flexibility index (Phi) is 4.94. The first-order valence-electron chi connectivity index (χ1n) is 8.51. The molecule has 2 aromatic heterocycles. The number of hydrogen-bond acceptors (Lipinski definition) is 5. The van der Waals surface area contributed by atoms with E-state index in [0.717, 1.165) is 42.9 Å². The maximum Gasteiger partial charge on any atom is 0.160 e. The van der Waals surface area contributed by atoms with Crippen molar-refractivity contribution in [3.8, 4) is 0 Å². The van der Waals surface area contributed by atoms with Crippen LogP contribution in [0, 0.1) is 5.92 Å². The molecule has 2 aromatic rings. The summed E-state index contributed by atoms with van der Waals surface area (Å²) in [5.74, 6) is 1.64. The maximum atomic E-state index is 10.4. The Labute approximate surface area is 137 Å². The van der Waals surface area contributed by atoms with Crippen LogP contribution in [0.3, 0.4) is 0 Å². The van der Waals surface area contributed by atoms with Crippen molar-refractivity contribution in [1.29, 1.82) is 0 Å². The molecule has 0 saturated carbocycles. The number of fused-ring (bicyclic) bond motifs is 1. The van der Waals surface area contributed by atoms with Gasteiger partial charge < -0.3 is 20.3 Å². The van der Waals surface area contributed by atoms with Gasteiger partial charge in [0.15, 0.2) is 5.65 Å². The van der Waals surface area contributed by atoms with E-state index < -0.39 is 5.60 Å². The minimum absolute atomic E-state index is 0.584. The van der Waals surface area contributed by atoms with Crippen LogP contribution in [0.1, 0.15) is 32.5 Å². The van der Waals surface area contributed by atoms with E-state index in [1.807, 2.05) is 18.3 Å². The number of nitrogens with zero attached hydrogens (tertiary/aromatic N) is 3. The van der Waals surface area contributed by atoms with Crippen LogP contribution in [-0.2, 0) is 13.1 Å². The van der Waals surface area contributed by atoms with Crippen molar-refractivity contribution in [2.45, 2.75) is 45.4 Å². The van der Waals surface area contributed by atoms with Gasteiger partial charge in [0.2, 0.25) is 0 Å². The third-order valence-electron chi connectivity index (χ3n) is 4.47. The molecule has 0 spiro atoms. The molecule has 1 fully saturated rings. The Morgan fingerprint density at radius 2 is 2.35 bits per heavy atom. The molecule has 1 aliphatic rings. The van der Waals surface area contributed by atoms with Crippen molar-refractivity contribution in [2.24, 2.45) is 5.92 Å². The molecule has 1 atom stereocenters. The molecular weight excluding hydrogens is 290 g/mol. The largest absolute Gasteiger partial charge is 0.387 e. The first-order chi connectivity index (χ1) is 11.1. The Balaban J connectivity index is 1.72. The van der Waals surface area contributed by atoms with Gasteiger partial charge in [-0.25, -0.2) is 9.97 Å². The van der Waals surface area contributed by atoms with Crippen LogP contribution >= 0.6 is 0 Å². The molecule has 3 heterocycles. The highest BCUT2D eigenvalue weighted by Gasteiger charge is 2.30. The second-order valence-electron chi connectivity index (χ2n) is 6.96. The summed E-state index contributed by atoms with van der Waals surface area (Å²) in [5, 5.41) is 17.0. The van der Waals surface area contributed by atoms with Gasteiger partial charge in [-0.05, 0) is 37.4 Å². The Bertz CT molecular complexity index is 645. The Morgan fingerprint density at radius 1 is 1.48 bits per heavy atom. The van der Waals surface area contributed by atoms with Gasteiger partial charge in [0, 0.05) is 25.8 Å². The van der Waals surface area contributed by atoms with Crippen LogP contribution in [0.5, 0.6) is 0 Å². The quantitative estimate of drug-likeness (QED) is 0.717. The molecule has 0 aromatic carbocycles. The van der Waals surface area contributed by atoms with Crippen molar-refractivity contribution >= 4 is 11.2 Å². The number of pyridine rings is 1. The fourth-order valence-electron chi connectivity index (χ4n) is 3.05. The van der Waals surface area contributed by atoms with E-state index in [0.29, 0.717) is 25.6 Å². The second-order valence-corrected chi connectivity index (χ2v) is 6.96. The lowest BCUT2D eigenvalue weighted by Crippen LogP contribution is -2.42. The van der Waals surface area contributed by atoms with Gasteiger partial charge in [-0.3, -0.25) is 0 Å². The van der Waals surface area contributed by atoms with Crippen LogP contribution in [0.25, 0.3) is 11.2 Å². The van der Waals surface area contributed by atoms with Gasteiger partial charge >= 0.3 is 0 Å². The molecule has 3 rings (SSSR count). The van der Waals surface area contributed by atoms with E-state index in [2.05, 4.69) is 34.0 Å². The number of β-amino-alcohol motifs (C(OH)–C–C–N with tert-alkyl or cyclic N) is 1. The summed E-state index contributed by atoms with van der Waals surface area (Å²) in [6, 6.07) is 3.93. The molecule has 0 amide bonds.